The number of rotatable bonds is 5. The molecule has 1 rings (SSSR count). The van der Waals surface area contributed by atoms with Gasteiger partial charge in [-0.15, -0.1) is 21.5 Å². The Labute approximate surface area is 92.2 Å². The molecule has 15 heavy (non-hydrogen) atoms. The SMILES string of the molecule is Cc1nc(C(C)C)sc1CCO[N+](=O)[O-]. The van der Waals surface area contributed by atoms with Crippen molar-refractivity contribution in [1.29, 1.82) is 0 Å². The predicted octanol–water partition coefficient (Wildman–Crippen LogP) is 2.33. The molecule has 84 valence electrons. The fourth-order valence-corrected chi connectivity index (χ4v) is 2.19. The summed E-state index contributed by atoms with van der Waals surface area (Å²) in [7, 11) is 0. The van der Waals surface area contributed by atoms with Crippen LogP contribution in [0.3, 0.4) is 0 Å². The van der Waals surface area contributed by atoms with E-state index in [0.717, 1.165) is 15.6 Å². The first-order valence-electron chi connectivity index (χ1n) is 4.74. The van der Waals surface area contributed by atoms with Crippen LogP contribution in [0.2, 0.25) is 0 Å². The second-order valence-electron chi connectivity index (χ2n) is 3.52. The highest BCUT2D eigenvalue weighted by Crippen LogP contribution is 2.24. The minimum atomic E-state index is -0.764. The third-order valence-corrected chi connectivity index (χ3v) is 3.45. The maximum Gasteiger partial charge on any atom is 0.294 e. The van der Waals surface area contributed by atoms with Gasteiger partial charge in [-0.1, -0.05) is 13.8 Å². The van der Waals surface area contributed by atoms with E-state index in [4.69, 9.17) is 0 Å². The normalized spacial score (nSPS) is 10.7. The van der Waals surface area contributed by atoms with Gasteiger partial charge in [0.2, 0.25) is 0 Å². The van der Waals surface area contributed by atoms with Crippen LogP contribution in [-0.4, -0.2) is 16.7 Å². The molecule has 1 aromatic heterocycles. The molecular weight excluding hydrogens is 216 g/mol. The summed E-state index contributed by atoms with van der Waals surface area (Å²) < 4.78 is 0. The van der Waals surface area contributed by atoms with Gasteiger partial charge in [0.1, 0.15) is 6.61 Å². The van der Waals surface area contributed by atoms with Crippen LogP contribution in [0, 0.1) is 17.0 Å². The summed E-state index contributed by atoms with van der Waals surface area (Å²) in [4.78, 5) is 19.7. The highest BCUT2D eigenvalue weighted by atomic mass is 32.1. The summed E-state index contributed by atoms with van der Waals surface area (Å²) >= 11 is 1.61. The number of aromatic nitrogens is 1. The predicted molar refractivity (Wildman–Crippen MR) is 57.6 cm³/mol. The highest BCUT2D eigenvalue weighted by molar-refractivity contribution is 7.11. The number of nitrogens with zero attached hydrogens (tertiary/aromatic N) is 2. The number of thiazole rings is 1. The van der Waals surface area contributed by atoms with Crippen molar-refractivity contribution in [2.24, 2.45) is 0 Å². The minimum absolute atomic E-state index is 0.105. The van der Waals surface area contributed by atoms with Crippen LogP contribution in [0.25, 0.3) is 0 Å². The molecule has 5 nitrogen and oxygen atoms in total. The zero-order valence-corrected chi connectivity index (χ0v) is 9.84. The molecule has 0 amide bonds. The van der Waals surface area contributed by atoms with E-state index in [1.807, 2.05) is 6.92 Å². The van der Waals surface area contributed by atoms with Gasteiger partial charge in [-0.3, -0.25) is 0 Å². The molecule has 1 heterocycles. The van der Waals surface area contributed by atoms with Crippen molar-refractivity contribution >= 4 is 11.3 Å². The average Bonchev–Trinajstić information content (AvgIpc) is 2.47. The molecule has 0 radical (unpaired) electrons. The molecule has 0 aliphatic rings. The van der Waals surface area contributed by atoms with Gasteiger partial charge in [0.15, 0.2) is 0 Å². The molecule has 0 aromatic carbocycles. The van der Waals surface area contributed by atoms with Gasteiger partial charge in [0.25, 0.3) is 5.09 Å². The summed E-state index contributed by atoms with van der Waals surface area (Å²) in [6.07, 6.45) is 0.553. The Morgan fingerprint density at radius 1 is 1.60 bits per heavy atom. The van der Waals surface area contributed by atoms with Crippen molar-refractivity contribution in [2.75, 3.05) is 6.61 Å². The van der Waals surface area contributed by atoms with Crippen LogP contribution in [-0.2, 0) is 11.3 Å². The van der Waals surface area contributed by atoms with Gasteiger partial charge in [0, 0.05) is 17.2 Å². The third kappa shape index (κ3) is 3.47. The third-order valence-electron chi connectivity index (χ3n) is 1.93. The highest BCUT2D eigenvalue weighted by Gasteiger charge is 2.10. The molecule has 0 atom stereocenters. The summed E-state index contributed by atoms with van der Waals surface area (Å²) in [5.74, 6) is 0.402. The van der Waals surface area contributed by atoms with Crippen molar-refractivity contribution in [3.8, 4) is 0 Å². The Morgan fingerprint density at radius 3 is 2.73 bits per heavy atom. The maximum absolute atomic E-state index is 9.96. The fourth-order valence-electron chi connectivity index (χ4n) is 1.14. The van der Waals surface area contributed by atoms with Gasteiger partial charge < -0.3 is 4.84 Å². The monoisotopic (exact) mass is 230 g/mol. The Bertz CT molecular complexity index is 349. The second kappa shape index (κ2) is 5.06. The van der Waals surface area contributed by atoms with Crippen molar-refractivity contribution in [2.45, 2.75) is 33.1 Å². The molecule has 0 N–H and O–H groups in total. The quantitative estimate of drug-likeness (QED) is 0.575. The fraction of sp³-hybridized carbons (Fsp3) is 0.667. The first-order chi connectivity index (χ1) is 7.00. The van der Waals surface area contributed by atoms with E-state index in [9.17, 15) is 10.1 Å². The van der Waals surface area contributed by atoms with E-state index >= 15 is 0 Å². The topological polar surface area (TPSA) is 65.3 Å². The van der Waals surface area contributed by atoms with E-state index in [0.29, 0.717) is 12.3 Å². The van der Waals surface area contributed by atoms with Crippen LogP contribution in [0.1, 0.15) is 35.3 Å². The Kier molecular flexibility index (Phi) is 4.02. The van der Waals surface area contributed by atoms with Gasteiger partial charge in [-0.2, -0.15) is 0 Å². The largest absolute Gasteiger partial charge is 0.314 e. The summed E-state index contributed by atoms with van der Waals surface area (Å²) in [6.45, 7) is 6.18. The zero-order chi connectivity index (χ0) is 11.4. The van der Waals surface area contributed by atoms with E-state index < -0.39 is 5.09 Å². The van der Waals surface area contributed by atoms with Crippen LogP contribution in [0.5, 0.6) is 0 Å². The van der Waals surface area contributed by atoms with Crippen molar-refractivity contribution < 1.29 is 9.92 Å². The lowest BCUT2D eigenvalue weighted by Crippen LogP contribution is -2.04. The first kappa shape index (κ1) is 11.9. The lowest BCUT2D eigenvalue weighted by atomic mass is 10.2. The van der Waals surface area contributed by atoms with Crippen LogP contribution in [0.4, 0.5) is 0 Å². The van der Waals surface area contributed by atoms with E-state index in [1.165, 1.54) is 0 Å². The van der Waals surface area contributed by atoms with Gasteiger partial charge >= 0.3 is 0 Å². The van der Waals surface area contributed by atoms with Crippen LogP contribution >= 0.6 is 11.3 Å². The lowest BCUT2D eigenvalue weighted by Gasteiger charge is -1.97. The summed E-state index contributed by atoms with van der Waals surface area (Å²) in [5, 5.41) is 10.3. The van der Waals surface area contributed by atoms with Gasteiger partial charge in [-0.05, 0) is 6.92 Å². The zero-order valence-electron chi connectivity index (χ0n) is 9.02. The number of hydrogen-bond acceptors (Lipinski definition) is 5. The summed E-state index contributed by atoms with van der Waals surface area (Å²) in [5.41, 5.74) is 0.954. The van der Waals surface area contributed by atoms with Crippen LogP contribution in [0.15, 0.2) is 0 Å². The van der Waals surface area contributed by atoms with E-state index in [1.54, 1.807) is 11.3 Å². The molecule has 0 spiro atoms. The average molecular weight is 230 g/mol. The Hall–Kier alpha value is -1.17. The Morgan fingerprint density at radius 2 is 2.27 bits per heavy atom. The van der Waals surface area contributed by atoms with E-state index in [2.05, 4.69) is 23.7 Å². The molecule has 0 aliphatic heterocycles. The van der Waals surface area contributed by atoms with E-state index in [-0.39, 0.29) is 6.61 Å². The smallest absolute Gasteiger partial charge is 0.294 e. The lowest BCUT2D eigenvalue weighted by molar-refractivity contribution is -0.757. The summed E-state index contributed by atoms with van der Waals surface area (Å²) in [6, 6.07) is 0. The number of aryl methyl sites for hydroxylation is 1. The molecule has 6 heteroatoms. The first-order valence-corrected chi connectivity index (χ1v) is 5.56. The van der Waals surface area contributed by atoms with Crippen LogP contribution < -0.4 is 0 Å². The molecule has 0 saturated carbocycles. The molecule has 1 aromatic rings. The van der Waals surface area contributed by atoms with Crippen molar-refractivity contribution in [1.82, 2.24) is 4.98 Å². The van der Waals surface area contributed by atoms with Crippen molar-refractivity contribution in [3.63, 3.8) is 0 Å². The molecule has 0 unspecified atom stereocenters. The standard InChI is InChI=1S/C9H14N2O3S/c1-6(2)9-10-7(3)8(15-9)4-5-14-11(12)13/h6H,4-5H2,1-3H3. The number of hydrogen-bond donors (Lipinski definition) is 0. The molecular formula is C9H14N2O3S. The Balaban J connectivity index is 2.57. The molecule has 0 fully saturated rings. The van der Waals surface area contributed by atoms with Crippen molar-refractivity contribution in [3.05, 3.63) is 25.7 Å². The molecule has 0 aliphatic carbocycles. The molecule has 0 saturated heterocycles. The molecule has 0 bridgehead atoms. The van der Waals surface area contributed by atoms with Gasteiger partial charge in [-0.25, -0.2) is 4.98 Å². The second-order valence-corrected chi connectivity index (χ2v) is 4.64. The van der Waals surface area contributed by atoms with Gasteiger partial charge in [0.05, 0.1) is 10.7 Å². The minimum Gasteiger partial charge on any atom is -0.314 e. The maximum atomic E-state index is 9.96.